The second kappa shape index (κ2) is 8.17. The second-order valence-corrected chi connectivity index (χ2v) is 6.86. The van der Waals surface area contributed by atoms with Crippen molar-refractivity contribution in [3.8, 4) is 11.3 Å². The number of aromatic nitrogens is 4. The summed E-state index contributed by atoms with van der Waals surface area (Å²) in [6.45, 7) is 0.825. The molecule has 1 aliphatic heterocycles. The molecule has 2 aliphatic rings. The Hall–Kier alpha value is -3.62. The Morgan fingerprint density at radius 1 is 1.31 bits per heavy atom. The van der Waals surface area contributed by atoms with Crippen molar-refractivity contribution in [2.75, 3.05) is 6.54 Å². The molecule has 0 bridgehead atoms. The van der Waals surface area contributed by atoms with Crippen molar-refractivity contribution in [2.45, 2.75) is 31.7 Å². The Morgan fingerprint density at radius 3 is 2.86 bits per heavy atom. The monoisotopic (exact) mass is 393 g/mol. The molecule has 1 amide bonds. The van der Waals surface area contributed by atoms with Crippen LogP contribution in [0.5, 0.6) is 0 Å². The highest BCUT2D eigenvalue weighted by atomic mass is 16.5. The minimum absolute atomic E-state index is 0.104. The van der Waals surface area contributed by atoms with Gasteiger partial charge >= 0.3 is 0 Å². The Balaban J connectivity index is 0.000000645. The molecule has 1 N–H and O–H groups in total. The van der Waals surface area contributed by atoms with Gasteiger partial charge in [0.05, 0.1) is 11.4 Å². The number of nitrogens with zero attached hydrogens (tertiary/aromatic N) is 5. The fourth-order valence-electron chi connectivity index (χ4n) is 3.38. The fraction of sp³-hybridized carbons (Fsp3) is 0.300. The summed E-state index contributed by atoms with van der Waals surface area (Å²) >= 11 is 0. The van der Waals surface area contributed by atoms with E-state index in [9.17, 15) is 4.79 Å². The third-order valence-corrected chi connectivity index (χ3v) is 4.95. The van der Waals surface area contributed by atoms with Gasteiger partial charge in [0.2, 0.25) is 0 Å². The van der Waals surface area contributed by atoms with Crippen molar-refractivity contribution < 1.29 is 19.2 Å². The van der Waals surface area contributed by atoms with Gasteiger partial charge < -0.3 is 14.5 Å². The van der Waals surface area contributed by atoms with Crippen LogP contribution < -0.4 is 0 Å². The molecule has 3 aromatic heterocycles. The molecule has 0 atom stereocenters. The molecule has 0 spiro atoms. The van der Waals surface area contributed by atoms with Crippen LogP contribution in [0.15, 0.2) is 41.4 Å². The molecule has 0 radical (unpaired) electrons. The van der Waals surface area contributed by atoms with Crippen molar-refractivity contribution in [1.29, 1.82) is 0 Å². The summed E-state index contributed by atoms with van der Waals surface area (Å²) in [5.74, 6) is 1.16. The van der Waals surface area contributed by atoms with Crippen LogP contribution in [0.25, 0.3) is 11.3 Å². The van der Waals surface area contributed by atoms with E-state index < -0.39 is 0 Å². The zero-order chi connectivity index (χ0) is 20.2. The highest BCUT2D eigenvalue weighted by Gasteiger charge is 2.31. The van der Waals surface area contributed by atoms with Crippen LogP contribution >= 0.6 is 0 Å². The van der Waals surface area contributed by atoms with E-state index in [-0.39, 0.29) is 12.4 Å². The van der Waals surface area contributed by atoms with Crippen LogP contribution in [-0.2, 0) is 17.8 Å². The van der Waals surface area contributed by atoms with Crippen molar-refractivity contribution in [3.05, 3.63) is 59.6 Å². The summed E-state index contributed by atoms with van der Waals surface area (Å²) in [5, 5.41) is 10.9. The van der Waals surface area contributed by atoms with Crippen molar-refractivity contribution >= 4 is 12.4 Å². The zero-order valence-electron chi connectivity index (χ0n) is 15.6. The molecule has 1 aliphatic carbocycles. The number of pyridine rings is 1. The predicted octanol–water partition coefficient (Wildman–Crippen LogP) is 2.30. The van der Waals surface area contributed by atoms with Crippen LogP contribution in [0.3, 0.4) is 0 Å². The van der Waals surface area contributed by atoms with Gasteiger partial charge in [-0.1, -0.05) is 5.16 Å². The van der Waals surface area contributed by atoms with E-state index in [0.717, 1.165) is 41.1 Å². The van der Waals surface area contributed by atoms with Crippen LogP contribution in [-0.4, -0.2) is 49.0 Å². The van der Waals surface area contributed by atoms with E-state index in [1.807, 2.05) is 12.1 Å². The van der Waals surface area contributed by atoms with Gasteiger partial charge in [0.25, 0.3) is 12.4 Å². The maximum Gasteiger partial charge on any atom is 0.290 e. The third-order valence-electron chi connectivity index (χ3n) is 4.95. The zero-order valence-corrected chi connectivity index (χ0v) is 15.6. The number of hydrogen-bond donors (Lipinski definition) is 1. The van der Waals surface area contributed by atoms with Gasteiger partial charge in [-0.25, -0.2) is 9.97 Å². The normalized spacial score (nSPS) is 15.1. The number of rotatable bonds is 3. The molecule has 0 aromatic carbocycles. The first-order valence-corrected chi connectivity index (χ1v) is 9.28. The first-order chi connectivity index (χ1) is 14.2. The molecule has 9 nitrogen and oxygen atoms in total. The largest absolute Gasteiger partial charge is 0.483 e. The quantitative estimate of drug-likeness (QED) is 0.673. The van der Waals surface area contributed by atoms with Gasteiger partial charge in [-0.05, 0) is 25.0 Å². The summed E-state index contributed by atoms with van der Waals surface area (Å²) < 4.78 is 5.33. The lowest BCUT2D eigenvalue weighted by molar-refractivity contribution is -0.122. The number of carbonyl (C=O) groups excluding carboxylic acids is 1. The summed E-state index contributed by atoms with van der Waals surface area (Å²) in [6, 6.07) is 5.64. The highest BCUT2D eigenvalue weighted by molar-refractivity contribution is 5.92. The molecule has 3 aromatic rings. The molecular formula is C20H19N5O4. The van der Waals surface area contributed by atoms with Crippen molar-refractivity contribution in [3.63, 3.8) is 0 Å². The number of carboxylic acid groups (broad SMARTS) is 1. The second-order valence-electron chi connectivity index (χ2n) is 6.86. The van der Waals surface area contributed by atoms with Gasteiger partial charge in [0.15, 0.2) is 5.69 Å². The lowest BCUT2D eigenvalue weighted by Crippen LogP contribution is -2.37. The molecule has 29 heavy (non-hydrogen) atoms. The number of fused-ring (bicyclic) bond motifs is 1. The van der Waals surface area contributed by atoms with E-state index in [1.54, 1.807) is 29.7 Å². The number of hydrogen-bond acceptors (Lipinski definition) is 7. The van der Waals surface area contributed by atoms with Crippen molar-refractivity contribution in [1.82, 2.24) is 25.0 Å². The molecule has 0 saturated heterocycles. The summed E-state index contributed by atoms with van der Waals surface area (Å²) in [5.41, 5.74) is 4.11. The highest BCUT2D eigenvalue weighted by Crippen LogP contribution is 2.40. The lowest BCUT2D eigenvalue weighted by atomic mass is 10.00. The number of amides is 1. The Kier molecular flexibility index (Phi) is 5.28. The van der Waals surface area contributed by atoms with Gasteiger partial charge in [0, 0.05) is 55.0 Å². The molecule has 5 rings (SSSR count). The molecule has 4 heterocycles. The van der Waals surface area contributed by atoms with E-state index in [1.165, 1.54) is 0 Å². The smallest absolute Gasteiger partial charge is 0.290 e. The first kappa shape index (κ1) is 18.7. The maximum atomic E-state index is 12.9. The minimum atomic E-state index is -0.250. The van der Waals surface area contributed by atoms with Gasteiger partial charge in [-0.2, -0.15) is 0 Å². The third kappa shape index (κ3) is 3.98. The number of carbonyl (C=O) groups is 2. The van der Waals surface area contributed by atoms with E-state index in [4.69, 9.17) is 14.4 Å². The predicted molar refractivity (Wildman–Crippen MR) is 101 cm³/mol. The summed E-state index contributed by atoms with van der Waals surface area (Å²) in [6.07, 6.45) is 8.03. The molecule has 1 fully saturated rings. The Labute approximate surface area is 166 Å². The topological polar surface area (TPSA) is 122 Å². The summed E-state index contributed by atoms with van der Waals surface area (Å²) in [7, 11) is 0. The fourth-order valence-corrected chi connectivity index (χ4v) is 3.38. The van der Waals surface area contributed by atoms with Crippen LogP contribution in [0, 0.1) is 0 Å². The Bertz CT molecular complexity index is 1020. The van der Waals surface area contributed by atoms with E-state index >= 15 is 0 Å². The van der Waals surface area contributed by atoms with Gasteiger partial charge in [-0.3, -0.25) is 14.6 Å². The van der Waals surface area contributed by atoms with E-state index in [2.05, 4.69) is 20.1 Å². The van der Waals surface area contributed by atoms with Crippen LogP contribution in [0.4, 0.5) is 0 Å². The van der Waals surface area contributed by atoms with Crippen LogP contribution in [0.2, 0.25) is 0 Å². The molecule has 148 valence electrons. The molecule has 9 heteroatoms. The molecule has 0 unspecified atom stereocenters. The molecule has 1 saturated carbocycles. The average Bonchev–Trinajstić information content (AvgIpc) is 3.50. The average molecular weight is 393 g/mol. The van der Waals surface area contributed by atoms with Gasteiger partial charge in [0.1, 0.15) is 12.1 Å². The SMILES string of the molecule is O=C(c1cc(C2CC2)on1)N1CCc2ncnc(-c3cccnc3)c2C1.O=CO. The van der Waals surface area contributed by atoms with E-state index in [0.29, 0.717) is 31.1 Å². The minimum Gasteiger partial charge on any atom is -0.483 e. The molecular weight excluding hydrogens is 374 g/mol. The van der Waals surface area contributed by atoms with Crippen LogP contribution in [0.1, 0.15) is 46.3 Å². The standard InChI is InChI=1S/C19H17N5O2.CH2O2/c25-19(16-8-17(26-23-16)12-3-4-12)24-7-5-15-14(10-24)18(22-11-21-15)13-2-1-6-20-9-13;2-1-3/h1-2,6,8-9,11-12H,3-5,7,10H2;1H,(H,2,3). The summed E-state index contributed by atoms with van der Waals surface area (Å²) in [4.78, 5) is 36.0. The maximum absolute atomic E-state index is 12.9. The first-order valence-electron chi connectivity index (χ1n) is 9.28. The Morgan fingerprint density at radius 2 is 2.14 bits per heavy atom. The van der Waals surface area contributed by atoms with Crippen molar-refractivity contribution in [2.24, 2.45) is 0 Å². The lowest BCUT2D eigenvalue weighted by Gasteiger charge is -2.28. The van der Waals surface area contributed by atoms with Gasteiger partial charge in [-0.15, -0.1) is 0 Å².